The fraction of sp³-hybridized carbons (Fsp3) is 0.444. The topological polar surface area (TPSA) is 49.1 Å². The molecule has 1 aliphatic heterocycles. The Hall–Kier alpha value is -1.78. The van der Waals surface area contributed by atoms with Gasteiger partial charge in [-0.05, 0) is 63.6 Å². The number of H-pyrrole nitrogens is 1. The molecule has 0 amide bonds. The van der Waals surface area contributed by atoms with Crippen LogP contribution >= 0.6 is 0 Å². The molecule has 0 atom stereocenters. The van der Waals surface area contributed by atoms with Crippen LogP contribution in [-0.4, -0.2) is 31.7 Å². The molecule has 2 aromatic rings. The van der Waals surface area contributed by atoms with Crippen LogP contribution in [0.15, 0.2) is 36.7 Å². The van der Waals surface area contributed by atoms with Gasteiger partial charge in [0.2, 0.25) is 0 Å². The van der Waals surface area contributed by atoms with Gasteiger partial charge in [0.1, 0.15) is 11.5 Å². The molecule has 4 nitrogen and oxygen atoms in total. The molecule has 118 valence electrons. The zero-order chi connectivity index (χ0) is 15.4. The van der Waals surface area contributed by atoms with E-state index in [0.29, 0.717) is 5.92 Å². The number of rotatable bonds is 6. The van der Waals surface area contributed by atoms with E-state index in [1.165, 1.54) is 10.9 Å². The van der Waals surface area contributed by atoms with Gasteiger partial charge in [-0.2, -0.15) is 0 Å². The average Bonchev–Trinajstić information content (AvgIpc) is 2.98. The number of aromatic amines is 1. The summed E-state index contributed by atoms with van der Waals surface area (Å²) in [6.45, 7) is 7.24. The van der Waals surface area contributed by atoms with Gasteiger partial charge in [-0.15, -0.1) is 0 Å². The first kappa shape index (κ1) is 15.1. The van der Waals surface area contributed by atoms with Crippen molar-refractivity contribution in [3.8, 4) is 5.75 Å². The highest BCUT2D eigenvalue weighted by molar-refractivity contribution is 5.89. The standard InChI is InChI=1S/C18H25N3O/c1-13(14-7-10-20-11-8-14)22-17-5-3-4-16-18(17)15(12-21-16)6-9-19-2/h3-5,12,14,19-21H,1,6-11H2,2H3. The van der Waals surface area contributed by atoms with Crippen LogP contribution in [0.1, 0.15) is 18.4 Å². The van der Waals surface area contributed by atoms with E-state index in [2.05, 4.69) is 34.5 Å². The first-order valence-electron chi connectivity index (χ1n) is 8.10. The predicted octanol–water partition coefficient (Wildman–Crippen LogP) is 2.82. The lowest BCUT2D eigenvalue weighted by molar-refractivity contribution is 0.301. The predicted molar refractivity (Wildman–Crippen MR) is 91.3 cm³/mol. The highest BCUT2D eigenvalue weighted by atomic mass is 16.5. The highest BCUT2D eigenvalue weighted by Crippen LogP contribution is 2.32. The number of likely N-dealkylation sites (N-methyl/N-ethyl adjacent to an activating group) is 1. The van der Waals surface area contributed by atoms with Crippen molar-refractivity contribution in [1.82, 2.24) is 15.6 Å². The molecule has 1 saturated heterocycles. The second-order valence-corrected chi connectivity index (χ2v) is 5.94. The summed E-state index contributed by atoms with van der Waals surface area (Å²) in [6, 6.07) is 6.18. The van der Waals surface area contributed by atoms with Gasteiger partial charge in [0.05, 0.1) is 0 Å². The van der Waals surface area contributed by atoms with Crippen molar-refractivity contribution in [3.05, 3.63) is 42.3 Å². The third-order valence-corrected chi connectivity index (χ3v) is 4.43. The minimum atomic E-state index is 0.455. The lowest BCUT2D eigenvalue weighted by Gasteiger charge is -2.24. The van der Waals surface area contributed by atoms with Gasteiger partial charge >= 0.3 is 0 Å². The quantitative estimate of drug-likeness (QED) is 0.719. The van der Waals surface area contributed by atoms with Gasteiger partial charge in [0.25, 0.3) is 0 Å². The van der Waals surface area contributed by atoms with E-state index in [1.807, 2.05) is 19.2 Å². The molecule has 22 heavy (non-hydrogen) atoms. The summed E-state index contributed by atoms with van der Waals surface area (Å²) in [4.78, 5) is 3.34. The Morgan fingerprint density at radius 3 is 2.95 bits per heavy atom. The molecule has 3 N–H and O–H groups in total. The van der Waals surface area contributed by atoms with Crippen molar-refractivity contribution in [2.45, 2.75) is 19.3 Å². The van der Waals surface area contributed by atoms with Crippen molar-refractivity contribution in [1.29, 1.82) is 0 Å². The van der Waals surface area contributed by atoms with E-state index >= 15 is 0 Å². The SMILES string of the molecule is C=C(Oc1cccc2[nH]cc(CCNC)c12)C1CCNCC1. The van der Waals surface area contributed by atoms with Gasteiger partial charge in [-0.25, -0.2) is 0 Å². The zero-order valence-corrected chi connectivity index (χ0v) is 13.2. The number of hydrogen-bond donors (Lipinski definition) is 3. The lowest BCUT2D eigenvalue weighted by atomic mass is 9.96. The Morgan fingerprint density at radius 2 is 2.18 bits per heavy atom. The monoisotopic (exact) mass is 299 g/mol. The highest BCUT2D eigenvalue weighted by Gasteiger charge is 2.19. The number of ether oxygens (including phenoxy) is 1. The van der Waals surface area contributed by atoms with Crippen LogP contribution < -0.4 is 15.4 Å². The van der Waals surface area contributed by atoms with Crippen molar-refractivity contribution in [2.24, 2.45) is 5.92 Å². The third kappa shape index (κ3) is 3.18. The number of benzene rings is 1. The van der Waals surface area contributed by atoms with E-state index in [1.54, 1.807) is 0 Å². The molecule has 0 radical (unpaired) electrons. The molecule has 1 aliphatic rings. The van der Waals surface area contributed by atoms with Crippen molar-refractivity contribution in [2.75, 3.05) is 26.7 Å². The Bertz CT molecular complexity index is 641. The Balaban J connectivity index is 1.82. The molecule has 0 unspecified atom stereocenters. The maximum Gasteiger partial charge on any atom is 0.136 e. The summed E-state index contributed by atoms with van der Waals surface area (Å²) < 4.78 is 6.18. The Morgan fingerprint density at radius 1 is 1.36 bits per heavy atom. The molecule has 0 bridgehead atoms. The fourth-order valence-electron chi connectivity index (χ4n) is 3.13. The van der Waals surface area contributed by atoms with Gasteiger partial charge in [0, 0.05) is 23.0 Å². The van der Waals surface area contributed by atoms with E-state index in [-0.39, 0.29) is 0 Å². The van der Waals surface area contributed by atoms with Crippen LogP contribution in [0.5, 0.6) is 5.75 Å². The normalized spacial score (nSPS) is 16.0. The largest absolute Gasteiger partial charge is 0.461 e. The van der Waals surface area contributed by atoms with Gasteiger partial charge in [-0.1, -0.05) is 12.6 Å². The van der Waals surface area contributed by atoms with Crippen molar-refractivity contribution >= 4 is 10.9 Å². The first-order chi connectivity index (χ1) is 10.8. The van der Waals surface area contributed by atoms with Crippen molar-refractivity contribution < 1.29 is 4.74 Å². The maximum absolute atomic E-state index is 6.18. The molecule has 1 fully saturated rings. The van der Waals surface area contributed by atoms with Gasteiger partial charge in [0.15, 0.2) is 0 Å². The molecular weight excluding hydrogens is 274 g/mol. The van der Waals surface area contributed by atoms with Crippen LogP contribution in [0.3, 0.4) is 0 Å². The Labute approximate surface area is 131 Å². The van der Waals surface area contributed by atoms with Crippen LogP contribution in [0.2, 0.25) is 0 Å². The molecule has 2 heterocycles. The van der Waals surface area contributed by atoms with Crippen LogP contribution in [0.25, 0.3) is 10.9 Å². The average molecular weight is 299 g/mol. The van der Waals surface area contributed by atoms with Crippen LogP contribution in [0, 0.1) is 5.92 Å². The smallest absolute Gasteiger partial charge is 0.136 e. The minimum absolute atomic E-state index is 0.455. The first-order valence-corrected chi connectivity index (χ1v) is 8.10. The van der Waals surface area contributed by atoms with Crippen LogP contribution in [0.4, 0.5) is 0 Å². The summed E-state index contributed by atoms with van der Waals surface area (Å²) in [5.41, 5.74) is 2.42. The summed E-state index contributed by atoms with van der Waals surface area (Å²) >= 11 is 0. The number of piperidine rings is 1. The van der Waals surface area contributed by atoms with E-state index in [9.17, 15) is 0 Å². The second kappa shape index (κ2) is 6.99. The lowest BCUT2D eigenvalue weighted by Crippen LogP contribution is -2.29. The number of hydrogen-bond acceptors (Lipinski definition) is 3. The molecule has 0 saturated carbocycles. The molecule has 0 aliphatic carbocycles. The molecular formula is C18H25N3O. The van der Waals surface area contributed by atoms with Crippen LogP contribution in [-0.2, 0) is 6.42 Å². The molecule has 3 rings (SSSR count). The minimum Gasteiger partial charge on any atom is -0.461 e. The summed E-state index contributed by atoms with van der Waals surface area (Å²) in [6.07, 6.45) is 5.28. The number of allylic oxidation sites excluding steroid dienone is 1. The number of fused-ring (bicyclic) bond motifs is 1. The van der Waals surface area contributed by atoms with Gasteiger partial charge in [-0.3, -0.25) is 0 Å². The second-order valence-electron chi connectivity index (χ2n) is 5.94. The fourth-order valence-corrected chi connectivity index (χ4v) is 3.13. The maximum atomic E-state index is 6.18. The van der Waals surface area contributed by atoms with Gasteiger partial charge < -0.3 is 20.4 Å². The number of nitrogens with one attached hydrogen (secondary N) is 3. The van der Waals surface area contributed by atoms with E-state index in [0.717, 1.165) is 55.9 Å². The molecule has 1 aromatic heterocycles. The van der Waals surface area contributed by atoms with E-state index in [4.69, 9.17) is 4.74 Å². The zero-order valence-electron chi connectivity index (χ0n) is 13.2. The van der Waals surface area contributed by atoms with Crippen molar-refractivity contribution in [3.63, 3.8) is 0 Å². The van der Waals surface area contributed by atoms with E-state index < -0.39 is 0 Å². The number of aromatic nitrogens is 1. The summed E-state index contributed by atoms with van der Waals surface area (Å²) in [5, 5.41) is 7.77. The Kier molecular flexibility index (Phi) is 4.80. The third-order valence-electron chi connectivity index (χ3n) is 4.43. The summed E-state index contributed by atoms with van der Waals surface area (Å²) in [7, 11) is 1.98. The summed E-state index contributed by atoms with van der Waals surface area (Å²) in [5.74, 6) is 2.28. The molecule has 0 spiro atoms. The molecule has 1 aromatic carbocycles. The molecule has 4 heteroatoms.